The SMILES string of the molecule is [2H]C([2H])([2H])Oc1cccc(N2CCN(C3=Nc4c(F)cccc4[C@H](CC(=O)O)N3c3cc(C(F)(F)F)ccc3OC)CC2)c1. The summed E-state index contributed by atoms with van der Waals surface area (Å²) in [4.78, 5) is 21.7. The van der Waals surface area contributed by atoms with E-state index >= 15 is 4.39 Å². The molecule has 0 aliphatic carbocycles. The number of anilines is 2. The summed E-state index contributed by atoms with van der Waals surface area (Å²) in [5.41, 5.74) is -0.239. The van der Waals surface area contributed by atoms with Crippen molar-refractivity contribution in [3.63, 3.8) is 0 Å². The fourth-order valence-corrected chi connectivity index (χ4v) is 5.18. The molecule has 0 spiro atoms. The third-order valence-electron chi connectivity index (χ3n) is 7.11. The Kier molecular flexibility index (Phi) is 6.64. The first kappa shape index (κ1) is 24.3. The molecule has 1 N–H and O–H groups in total. The molecule has 2 aliphatic heterocycles. The number of para-hydroxylation sites is 1. The Morgan fingerprint density at radius 1 is 1.05 bits per heavy atom. The third-order valence-corrected chi connectivity index (χ3v) is 7.11. The molecule has 2 aliphatic rings. The zero-order valence-corrected chi connectivity index (χ0v) is 21.9. The Hall–Kier alpha value is -4.48. The van der Waals surface area contributed by atoms with Crippen molar-refractivity contribution in [2.75, 3.05) is 50.1 Å². The number of benzene rings is 3. The van der Waals surface area contributed by atoms with Gasteiger partial charge in [0.1, 0.15) is 23.0 Å². The van der Waals surface area contributed by atoms with Crippen LogP contribution in [-0.2, 0) is 11.0 Å². The number of hydrogen-bond donors (Lipinski definition) is 1. The van der Waals surface area contributed by atoms with E-state index in [1.54, 1.807) is 23.1 Å². The van der Waals surface area contributed by atoms with Crippen molar-refractivity contribution in [3.05, 3.63) is 77.6 Å². The number of rotatable bonds is 6. The topological polar surface area (TPSA) is 77.8 Å². The molecule has 0 aromatic heterocycles. The molecule has 3 aromatic rings. The first-order valence-corrected chi connectivity index (χ1v) is 12.7. The zero-order chi connectivity index (χ0) is 31.8. The summed E-state index contributed by atoms with van der Waals surface area (Å²) < 4.78 is 89.2. The highest BCUT2D eigenvalue weighted by Crippen LogP contribution is 2.46. The summed E-state index contributed by atoms with van der Waals surface area (Å²) in [7, 11) is -1.34. The lowest BCUT2D eigenvalue weighted by molar-refractivity contribution is -0.138. The Labute approximate surface area is 238 Å². The molecule has 12 heteroatoms. The maximum atomic E-state index is 15.1. The number of nitrogens with zero attached hydrogens (tertiary/aromatic N) is 4. The van der Waals surface area contributed by atoms with E-state index in [0.717, 1.165) is 18.2 Å². The number of guanidine groups is 1. The van der Waals surface area contributed by atoms with Crippen molar-refractivity contribution < 1.29 is 41.0 Å². The number of piperazine rings is 1. The van der Waals surface area contributed by atoms with Gasteiger partial charge in [-0.05, 0) is 36.4 Å². The molecule has 0 amide bonds. The summed E-state index contributed by atoms with van der Waals surface area (Å²) in [6, 6.07) is 12.4. The number of carbonyl (C=O) groups is 1. The number of aliphatic carboxylic acids is 1. The second-order valence-corrected chi connectivity index (χ2v) is 9.53. The molecule has 0 bridgehead atoms. The number of fused-ring (bicyclic) bond motifs is 1. The lowest BCUT2D eigenvalue weighted by Gasteiger charge is -2.45. The first-order valence-electron chi connectivity index (χ1n) is 14.2. The van der Waals surface area contributed by atoms with Crippen LogP contribution in [0.2, 0.25) is 0 Å². The van der Waals surface area contributed by atoms with Gasteiger partial charge < -0.3 is 29.3 Å². The van der Waals surface area contributed by atoms with Crippen LogP contribution in [0.5, 0.6) is 11.5 Å². The van der Waals surface area contributed by atoms with Crippen LogP contribution in [-0.4, -0.2) is 62.3 Å². The molecule has 0 radical (unpaired) electrons. The van der Waals surface area contributed by atoms with Crippen LogP contribution in [0.25, 0.3) is 0 Å². The molecular formula is C29H28F4N4O4. The highest BCUT2D eigenvalue weighted by molar-refractivity contribution is 6.02. The van der Waals surface area contributed by atoms with Crippen molar-refractivity contribution in [1.29, 1.82) is 0 Å². The molecule has 8 nitrogen and oxygen atoms in total. The molecule has 1 atom stereocenters. The van der Waals surface area contributed by atoms with Crippen molar-refractivity contribution in [2.24, 2.45) is 4.99 Å². The number of hydrogen-bond acceptors (Lipinski definition) is 7. The molecule has 2 heterocycles. The van der Waals surface area contributed by atoms with E-state index in [0.29, 0.717) is 18.8 Å². The van der Waals surface area contributed by atoms with E-state index in [-0.39, 0.29) is 47.5 Å². The minimum Gasteiger partial charge on any atom is -0.497 e. The molecule has 216 valence electrons. The Morgan fingerprint density at radius 3 is 2.46 bits per heavy atom. The van der Waals surface area contributed by atoms with Gasteiger partial charge in [0, 0.05) is 43.5 Å². The fourth-order valence-electron chi connectivity index (χ4n) is 5.18. The van der Waals surface area contributed by atoms with Crippen molar-refractivity contribution in [1.82, 2.24) is 4.90 Å². The number of halogens is 4. The highest BCUT2D eigenvalue weighted by atomic mass is 19.4. The molecule has 0 saturated carbocycles. The Balaban J connectivity index is 1.55. The molecule has 3 aromatic carbocycles. The maximum Gasteiger partial charge on any atom is 0.416 e. The maximum absolute atomic E-state index is 15.1. The van der Waals surface area contributed by atoms with Crippen LogP contribution in [0.1, 0.15) is 27.7 Å². The quantitative estimate of drug-likeness (QED) is 0.378. The standard InChI is InChI=1S/C29H28F4N4O4/c1-40-20-6-3-5-19(16-20)35-11-13-36(14-12-35)28-34-27-21(7-4-8-22(27)30)23(17-26(38)39)37(28)24-15-18(29(31,32)33)9-10-25(24)41-2/h3-10,15-16,23H,11-14,17H2,1-2H3,(H,38,39)/t23-/m0/s1/i1D3. The van der Waals surface area contributed by atoms with Gasteiger partial charge in [-0.3, -0.25) is 4.79 Å². The Bertz CT molecular complexity index is 1580. The van der Waals surface area contributed by atoms with Crippen LogP contribution < -0.4 is 19.3 Å². The average molecular weight is 576 g/mol. The fraction of sp³-hybridized carbons (Fsp3) is 0.310. The lowest BCUT2D eigenvalue weighted by Crippen LogP contribution is -2.55. The van der Waals surface area contributed by atoms with Gasteiger partial charge in [-0.2, -0.15) is 13.2 Å². The zero-order valence-electron chi connectivity index (χ0n) is 24.9. The summed E-state index contributed by atoms with van der Waals surface area (Å²) in [5, 5.41) is 9.85. The minimum absolute atomic E-state index is 0.0469. The van der Waals surface area contributed by atoms with E-state index in [4.69, 9.17) is 13.6 Å². The number of carboxylic acids is 1. The van der Waals surface area contributed by atoms with Gasteiger partial charge in [0.25, 0.3) is 0 Å². The van der Waals surface area contributed by atoms with E-state index in [1.807, 2.05) is 4.90 Å². The van der Waals surface area contributed by atoms with Gasteiger partial charge in [-0.1, -0.05) is 18.2 Å². The van der Waals surface area contributed by atoms with E-state index in [1.165, 1.54) is 36.3 Å². The second kappa shape index (κ2) is 11.2. The molecular weight excluding hydrogens is 544 g/mol. The van der Waals surface area contributed by atoms with Crippen LogP contribution in [0.3, 0.4) is 0 Å². The predicted octanol–water partition coefficient (Wildman–Crippen LogP) is 5.71. The monoisotopic (exact) mass is 575 g/mol. The summed E-state index contributed by atoms with van der Waals surface area (Å²) in [5.74, 6) is -1.66. The first-order chi connectivity index (χ1) is 20.7. The van der Waals surface area contributed by atoms with Gasteiger partial charge in [-0.25, -0.2) is 9.38 Å². The molecule has 5 rings (SSSR count). The van der Waals surface area contributed by atoms with Crippen LogP contribution in [0.4, 0.5) is 34.6 Å². The smallest absolute Gasteiger partial charge is 0.416 e. The summed E-state index contributed by atoms with van der Waals surface area (Å²) in [6.45, 7) is 1.28. The van der Waals surface area contributed by atoms with Gasteiger partial charge in [0.15, 0.2) is 0 Å². The van der Waals surface area contributed by atoms with E-state index in [9.17, 15) is 23.1 Å². The number of carboxylic acid groups (broad SMARTS) is 1. The molecule has 1 saturated heterocycles. The van der Waals surface area contributed by atoms with Crippen molar-refractivity contribution >= 4 is 29.0 Å². The average Bonchev–Trinajstić information content (AvgIpc) is 2.96. The van der Waals surface area contributed by atoms with Crippen molar-refractivity contribution in [2.45, 2.75) is 18.6 Å². The Morgan fingerprint density at radius 2 is 1.78 bits per heavy atom. The van der Waals surface area contributed by atoms with Crippen LogP contribution >= 0.6 is 0 Å². The van der Waals surface area contributed by atoms with Gasteiger partial charge >= 0.3 is 12.1 Å². The van der Waals surface area contributed by atoms with E-state index in [2.05, 4.69) is 4.99 Å². The van der Waals surface area contributed by atoms with Gasteiger partial charge in [0.2, 0.25) is 5.96 Å². The summed E-state index contributed by atoms with van der Waals surface area (Å²) >= 11 is 0. The van der Waals surface area contributed by atoms with Gasteiger partial charge in [0.05, 0.1) is 42.0 Å². The third kappa shape index (κ3) is 5.59. The number of alkyl halides is 3. The number of methoxy groups -OCH3 is 2. The molecule has 0 unspecified atom stereocenters. The normalized spacial score (nSPS) is 18.6. The molecule has 1 fully saturated rings. The lowest BCUT2D eigenvalue weighted by atomic mass is 9.96. The largest absolute Gasteiger partial charge is 0.497 e. The van der Waals surface area contributed by atoms with Gasteiger partial charge in [-0.15, -0.1) is 0 Å². The number of aliphatic imine (C=N–C) groups is 1. The predicted molar refractivity (Wildman–Crippen MR) is 146 cm³/mol. The van der Waals surface area contributed by atoms with E-state index < -0.39 is 43.0 Å². The summed E-state index contributed by atoms with van der Waals surface area (Å²) in [6.07, 6.45) is -5.27. The molecule has 41 heavy (non-hydrogen) atoms. The minimum atomic E-state index is -4.70. The van der Waals surface area contributed by atoms with Crippen LogP contribution in [0, 0.1) is 5.82 Å². The second-order valence-electron chi connectivity index (χ2n) is 9.53. The van der Waals surface area contributed by atoms with Crippen molar-refractivity contribution in [3.8, 4) is 11.5 Å². The highest BCUT2D eigenvalue weighted by Gasteiger charge is 2.40. The number of ether oxygens (including phenoxy) is 2. The van der Waals surface area contributed by atoms with Crippen LogP contribution in [0.15, 0.2) is 65.7 Å².